The van der Waals surface area contributed by atoms with Crippen LogP contribution in [0.15, 0.2) is 58.3 Å². The number of hydroxylamine groups is 2. The third kappa shape index (κ3) is 7.40. The maximum atomic E-state index is 13.3. The molecule has 1 amide bonds. The Morgan fingerprint density at radius 2 is 1.53 bits per heavy atom. The van der Waals surface area contributed by atoms with Gasteiger partial charge in [-0.25, -0.2) is 13.9 Å². The van der Waals surface area contributed by atoms with Crippen LogP contribution in [0.25, 0.3) is 11.1 Å². The van der Waals surface area contributed by atoms with E-state index < -0.39 is 36.9 Å². The minimum Gasteiger partial charge on any atom is -0.319 e. The van der Waals surface area contributed by atoms with Gasteiger partial charge in [0.1, 0.15) is 6.54 Å². The van der Waals surface area contributed by atoms with Gasteiger partial charge in [-0.05, 0) is 73.6 Å². The number of nitrogens with zero attached hydrogens (tertiary/aromatic N) is 1. The molecule has 0 aliphatic heterocycles. The number of carbonyl (C=O) groups is 1. The summed E-state index contributed by atoms with van der Waals surface area (Å²) in [4.78, 5) is 19.3. The maximum Gasteiger partial charge on any atom is 0.265 e. The van der Waals surface area contributed by atoms with Gasteiger partial charge in [0, 0.05) is 4.90 Å². The SMILES string of the molecule is CSc1ccc(-c2ccc(S(=O)(=O)N(CC(=O)NO[Si](C)(C)C(C)(C)C)OC(C)C)cc2)cc1. The molecular formula is C24H36N2O5S2Si. The van der Waals surface area contributed by atoms with Crippen molar-refractivity contribution in [3.8, 4) is 11.1 Å². The van der Waals surface area contributed by atoms with E-state index in [0.717, 1.165) is 20.5 Å². The second kappa shape index (κ2) is 11.4. The van der Waals surface area contributed by atoms with Crippen LogP contribution >= 0.6 is 11.8 Å². The molecule has 0 unspecified atom stereocenters. The molecule has 2 aromatic carbocycles. The molecule has 0 fully saturated rings. The number of nitrogens with one attached hydrogen (secondary N) is 1. The zero-order chi connectivity index (χ0) is 25.7. The summed E-state index contributed by atoms with van der Waals surface area (Å²) in [7, 11) is -6.33. The fourth-order valence-corrected chi connectivity index (χ4v) is 4.99. The van der Waals surface area contributed by atoms with Crippen molar-refractivity contribution >= 4 is 36.0 Å². The zero-order valence-corrected chi connectivity index (χ0v) is 23.8. The van der Waals surface area contributed by atoms with Crippen LogP contribution in [0.2, 0.25) is 18.1 Å². The van der Waals surface area contributed by atoms with Gasteiger partial charge >= 0.3 is 0 Å². The highest BCUT2D eigenvalue weighted by molar-refractivity contribution is 7.98. The van der Waals surface area contributed by atoms with Gasteiger partial charge < -0.3 is 4.53 Å². The Hall–Kier alpha value is -1.69. The molecule has 34 heavy (non-hydrogen) atoms. The van der Waals surface area contributed by atoms with Crippen molar-refractivity contribution in [1.29, 1.82) is 0 Å². The van der Waals surface area contributed by atoms with E-state index in [4.69, 9.17) is 9.36 Å². The van der Waals surface area contributed by atoms with Gasteiger partial charge in [0.05, 0.1) is 11.0 Å². The normalized spacial score (nSPS) is 12.9. The van der Waals surface area contributed by atoms with E-state index in [9.17, 15) is 13.2 Å². The van der Waals surface area contributed by atoms with E-state index in [1.165, 1.54) is 12.1 Å². The summed E-state index contributed by atoms with van der Waals surface area (Å²) in [6, 6.07) is 14.6. The lowest BCUT2D eigenvalue weighted by Gasteiger charge is -2.35. The second-order valence-corrected chi connectivity index (χ2v) is 17.2. The third-order valence-electron chi connectivity index (χ3n) is 5.67. The van der Waals surface area contributed by atoms with E-state index in [1.807, 2.05) is 64.4 Å². The largest absolute Gasteiger partial charge is 0.319 e. The zero-order valence-electron chi connectivity index (χ0n) is 21.2. The molecule has 2 rings (SSSR count). The van der Waals surface area contributed by atoms with Gasteiger partial charge in [0.25, 0.3) is 15.9 Å². The first-order valence-corrected chi connectivity index (χ1v) is 16.7. The monoisotopic (exact) mass is 524 g/mol. The fraction of sp³-hybridized carbons (Fsp3) is 0.458. The molecule has 10 heteroatoms. The smallest absolute Gasteiger partial charge is 0.265 e. The van der Waals surface area contributed by atoms with E-state index in [1.54, 1.807) is 37.7 Å². The van der Waals surface area contributed by atoms with Crippen molar-refractivity contribution in [3.05, 3.63) is 48.5 Å². The summed E-state index contributed by atoms with van der Waals surface area (Å²) in [5, 5.41) is -0.113. The Balaban J connectivity index is 2.20. The Morgan fingerprint density at radius 3 is 1.97 bits per heavy atom. The lowest BCUT2D eigenvalue weighted by Crippen LogP contribution is -2.49. The van der Waals surface area contributed by atoms with Gasteiger partial charge in [-0.3, -0.25) is 9.63 Å². The second-order valence-electron chi connectivity index (χ2n) is 9.76. The van der Waals surface area contributed by atoms with Crippen LogP contribution in [0.3, 0.4) is 0 Å². The molecule has 1 N–H and O–H groups in total. The highest BCUT2D eigenvalue weighted by Gasteiger charge is 2.39. The van der Waals surface area contributed by atoms with Crippen LogP contribution in [-0.2, 0) is 24.2 Å². The lowest BCUT2D eigenvalue weighted by atomic mass is 10.1. The maximum absolute atomic E-state index is 13.3. The number of carbonyl (C=O) groups excluding carboxylic acids is 1. The summed E-state index contributed by atoms with van der Waals surface area (Å²) in [5.74, 6) is -0.598. The molecule has 2 aromatic rings. The molecule has 0 atom stereocenters. The summed E-state index contributed by atoms with van der Waals surface area (Å²) < 4.78 is 33.0. The first-order chi connectivity index (χ1) is 15.7. The average molecular weight is 525 g/mol. The topological polar surface area (TPSA) is 84.9 Å². The lowest BCUT2D eigenvalue weighted by molar-refractivity contribution is -0.148. The highest BCUT2D eigenvalue weighted by atomic mass is 32.2. The number of rotatable bonds is 10. The summed E-state index contributed by atoms with van der Waals surface area (Å²) in [6.45, 7) is 13.0. The predicted molar refractivity (Wildman–Crippen MR) is 140 cm³/mol. The third-order valence-corrected chi connectivity index (χ3v) is 12.3. The van der Waals surface area contributed by atoms with Crippen molar-refractivity contribution in [3.63, 3.8) is 0 Å². The quantitative estimate of drug-likeness (QED) is 0.252. The standard InChI is InChI=1S/C24H36N2O5S2Si/c1-18(2)30-26(17-23(27)25-31-34(7,8)24(3,4)5)33(28,29)22-15-11-20(12-16-22)19-9-13-21(32-6)14-10-19/h9-16,18H,17H2,1-8H3,(H,25,27). The molecule has 0 heterocycles. The molecule has 188 valence electrons. The Labute approximate surface area is 209 Å². The van der Waals surface area contributed by atoms with Gasteiger partial charge in [-0.1, -0.05) is 49.5 Å². The molecule has 0 bridgehead atoms. The van der Waals surface area contributed by atoms with Crippen molar-refractivity contribution in [1.82, 2.24) is 9.95 Å². The number of sulfonamides is 1. The highest BCUT2D eigenvalue weighted by Crippen LogP contribution is 2.35. The summed E-state index contributed by atoms with van der Waals surface area (Å²) in [6.07, 6.45) is 1.57. The molecule has 0 aliphatic rings. The van der Waals surface area contributed by atoms with Gasteiger partial charge in [-0.2, -0.15) is 0 Å². The van der Waals surface area contributed by atoms with E-state index in [2.05, 4.69) is 5.48 Å². The Morgan fingerprint density at radius 1 is 1.03 bits per heavy atom. The van der Waals surface area contributed by atoms with Crippen LogP contribution in [0, 0.1) is 0 Å². The molecule has 0 saturated carbocycles. The molecular weight excluding hydrogens is 488 g/mol. The Kier molecular flexibility index (Phi) is 9.54. The van der Waals surface area contributed by atoms with Crippen molar-refractivity contribution < 1.29 is 22.6 Å². The van der Waals surface area contributed by atoms with E-state index >= 15 is 0 Å². The minimum absolute atomic E-state index is 0.0377. The molecule has 7 nitrogen and oxygen atoms in total. The van der Waals surface area contributed by atoms with E-state index in [0.29, 0.717) is 0 Å². The van der Waals surface area contributed by atoms with Crippen LogP contribution < -0.4 is 5.48 Å². The molecule has 0 aromatic heterocycles. The number of hydrogen-bond donors (Lipinski definition) is 1. The first kappa shape index (κ1) is 28.5. The number of hydrogen-bond acceptors (Lipinski definition) is 6. The number of amides is 1. The molecule has 0 radical (unpaired) electrons. The van der Waals surface area contributed by atoms with Gasteiger partial charge in [0.2, 0.25) is 8.32 Å². The van der Waals surface area contributed by atoms with Crippen molar-refractivity contribution in [2.24, 2.45) is 0 Å². The van der Waals surface area contributed by atoms with E-state index in [-0.39, 0.29) is 9.93 Å². The fourth-order valence-electron chi connectivity index (χ4n) is 2.62. The van der Waals surface area contributed by atoms with Crippen molar-refractivity contribution in [2.75, 3.05) is 12.8 Å². The molecule has 0 spiro atoms. The average Bonchev–Trinajstić information content (AvgIpc) is 2.76. The van der Waals surface area contributed by atoms with Crippen molar-refractivity contribution in [2.45, 2.75) is 68.6 Å². The minimum atomic E-state index is -4.08. The summed E-state index contributed by atoms with van der Waals surface area (Å²) >= 11 is 1.66. The predicted octanol–water partition coefficient (Wildman–Crippen LogP) is 5.46. The van der Waals surface area contributed by atoms with Crippen LogP contribution in [0.1, 0.15) is 34.6 Å². The number of benzene rings is 2. The molecule has 0 saturated heterocycles. The first-order valence-electron chi connectivity index (χ1n) is 11.1. The van der Waals surface area contributed by atoms with Crippen LogP contribution in [0.4, 0.5) is 0 Å². The molecule has 0 aliphatic carbocycles. The summed E-state index contributed by atoms with van der Waals surface area (Å²) in [5.41, 5.74) is 4.31. The van der Waals surface area contributed by atoms with Crippen LogP contribution in [-0.4, -0.2) is 46.0 Å². The number of thioether (sulfide) groups is 1. The Bertz CT molecular complexity index is 1060. The van der Waals surface area contributed by atoms with Gasteiger partial charge in [-0.15, -0.1) is 11.8 Å². The van der Waals surface area contributed by atoms with Crippen LogP contribution in [0.5, 0.6) is 0 Å². The van der Waals surface area contributed by atoms with Gasteiger partial charge in [0.15, 0.2) is 0 Å².